The van der Waals surface area contributed by atoms with Gasteiger partial charge >= 0.3 is 0 Å². The summed E-state index contributed by atoms with van der Waals surface area (Å²) in [5, 5.41) is 3.54. The zero-order valence-electron chi connectivity index (χ0n) is 22.5. The van der Waals surface area contributed by atoms with Crippen LogP contribution in [0, 0.1) is 6.92 Å². The maximum atomic E-state index is 14.1. The molecule has 2 amide bonds. The van der Waals surface area contributed by atoms with E-state index < -0.39 is 28.5 Å². The van der Waals surface area contributed by atoms with E-state index in [1.807, 2.05) is 24.3 Å². The number of rotatable bonds is 10. The van der Waals surface area contributed by atoms with Crippen molar-refractivity contribution in [2.75, 3.05) is 10.8 Å². The number of nitrogens with one attached hydrogen (secondary N) is 1. The summed E-state index contributed by atoms with van der Waals surface area (Å²) in [5.74, 6) is -0.752. The molecule has 0 spiro atoms. The second-order valence-electron chi connectivity index (χ2n) is 10.1. The average Bonchev–Trinajstić information content (AvgIpc) is 3.44. The molecule has 0 saturated heterocycles. The van der Waals surface area contributed by atoms with Crippen molar-refractivity contribution in [1.82, 2.24) is 10.2 Å². The van der Waals surface area contributed by atoms with Gasteiger partial charge in [-0.3, -0.25) is 13.9 Å². The fourth-order valence-electron chi connectivity index (χ4n) is 4.94. The van der Waals surface area contributed by atoms with Gasteiger partial charge in [0.05, 0.1) is 10.6 Å². The number of carbonyl (C=O) groups excluding carboxylic acids is 2. The van der Waals surface area contributed by atoms with Gasteiger partial charge in [-0.25, -0.2) is 8.42 Å². The summed E-state index contributed by atoms with van der Waals surface area (Å²) in [6.07, 6.45) is 3.95. The molecule has 0 radical (unpaired) electrons. The van der Waals surface area contributed by atoms with E-state index in [9.17, 15) is 18.0 Å². The maximum absolute atomic E-state index is 14.1. The number of sulfonamides is 1. The second-order valence-corrected chi connectivity index (χ2v) is 13.3. The van der Waals surface area contributed by atoms with Crippen LogP contribution in [0.2, 0.25) is 5.02 Å². The largest absolute Gasteiger partial charge is 0.352 e. The monoisotopic (exact) mass is 645 g/mol. The highest BCUT2D eigenvalue weighted by atomic mass is 79.9. The Morgan fingerprint density at radius 1 is 1.02 bits per heavy atom. The Kier molecular flexibility index (Phi) is 9.92. The van der Waals surface area contributed by atoms with Crippen molar-refractivity contribution in [1.29, 1.82) is 0 Å². The molecule has 1 saturated carbocycles. The molecular formula is C30H33BrClN3O4S. The van der Waals surface area contributed by atoms with E-state index in [4.69, 9.17) is 11.6 Å². The standard InChI is InChI=1S/C30H33BrClN3O4S/c1-21-17-25(32)15-16-28(21)35(40(38,39)27-13-4-3-5-14-27)20-29(36)34(19-23-9-8-10-24(31)18-23)22(2)30(37)33-26-11-6-7-12-26/h3-5,8-10,13-18,22,26H,6-7,11-12,19-20H2,1-2H3,(H,33,37)/t22-/m0/s1. The highest BCUT2D eigenvalue weighted by Crippen LogP contribution is 2.29. The zero-order valence-corrected chi connectivity index (χ0v) is 25.7. The lowest BCUT2D eigenvalue weighted by Crippen LogP contribution is -2.52. The van der Waals surface area contributed by atoms with E-state index in [1.54, 1.807) is 50.2 Å². The molecule has 7 nitrogen and oxygen atoms in total. The van der Waals surface area contributed by atoms with Gasteiger partial charge in [-0.05, 0) is 80.3 Å². The van der Waals surface area contributed by atoms with Gasteiger partial charge in [0.1, 0.15) is 12.6 Å². The highest BCUT2D eigenvalue weighted by molar-refractivity contribution is 9.10. The number of hydrogen-bond acceptors (Lipinski definition) is 4. The van der Waals surface area contributed by atoms with Crippen LogP contribution in [0.25, 0.3) is 0 Å². The summed E-state index contributed by atoms with van der Waals surface area (Å²) < 4.78 is 29.7. The first-order valence-corrected chi connectivity index (χ1v) is 15.9. The van der Waals surface area contributed by atoms with Crippen molar-refractivity contribution < 1.29 is 18.0 Å². The Bertz CT molecular complexity index is 1460. The molecule has 40 heavy (non-hydrogen) atoms. The maximum Gasteiger partial charge on any atom is 0.264 e. The first-order chi connectivity index (χ1) is 19.1. The topological polar surface area (TPSA) is 86.8 Å². The minimum atomic E-state index is -4.13. The summed E-state index contributed by atoms with van der Waals surface area (Å²) in [7, 11) is -4.13. The molecule has 1 aliphatic rings. The molecule has 0 bridgehead atoms. The zero-order chi connectivity index (χ0) is 28.9. The van der Waals surface area contributed by atoms with E-state index in [0.29, 0.717) is 16.3 Å². The van der Waals surface area contributed by atoms with Crippen LogP contribution in [-0.2, 0) is 26.2 Å². The summed E-state index contributed by atoms with van der Waals surface area (Å²) in [6, 6.07) is 19.6. The quantitative estimate of drug-likeness (QED) is 0.289. The molecule has 4 rings (SSSR count). The predicted octanol–water partition coefficient (Wildman–Crippen LogP) is 6.08. The number of hydrogen-bond donors (Lipinski definition) is 1. The molecule has 10 heteroatoms. The van der Waals surface area contributed by atoms with Crippen molar-refractivity contribution >= 4 is 55.1 Å². The van der Waals surface area contributed by atoms with E-state index in [2.05, 4.69) is 21.2 Å². The number of nitrogens with zero attached hydrogens (tertiary/aromatic N) is 2. The number of anilines is 1. The molecule has 0 heterocycles. The van der Waals surface area contributed by atoms with Gasteiger partial charge in [-0.2, -0.15) is 0 Å². The van der Waals surface area contributed by atoms with Gasteiger partial charge in [0.2, 0.25) is 11.8 Å². The van der Waals surface area contributed by atoms with Gasteiger partial charge < -0.3 is 10.2 Å². The fraction of sp³-hybridized carbons (Fsp3) is 0.333. The lowest BCUT2D eigenvalue weighted by atomic mass is 10.1. The average molecular weight is 647 g/mol. The number of halogens is 2. The Morgan fingerprint density at radius 3 is 2.38 bits per heavy atom. The van der Waals surface area contributed by atoms with Gasteiger partial charge in [-0.15, -0.1) is 0 Å². The van der Waals surface area contributed by atoms with Crippen LogP contribution in [-0.4, -0.2) is 43.8 Å². The Morgan fingerprint density at radius 2 is 1.73 bits per heavy atom. The van der Waals surface area contributed by atoms with Gasteiger partial charge in [0.15, 0.2) is 0 Å². The summed E-state index contributed by atoms with van der Waals surface area (Å²) in [4.78, 5) is 28.9. The lowest BCUT2D eigenvalue weighted by Gasteiger charge is -2.33. The predicted molar refractivity (Wildman–Crippen MR) is 162 cm³/mol. The van der Waals surface area contributed by atoms with Crippen LogP contribution in [0.1, 0.15) is 43.7 Å². The smallest absolute Gasteiger partial charge is 0.264 e. The highest BCUT2D eigenvalue weighted by Gasteiger charge is 2.33. The van der Waals surface area contributed by atoms with E-state index in [0.717, 1.165) is 40.0 Å². The number of aryl methyl sites for hydroxylation is 1. The Labute approximate surface area is 249 Å². The van der Waals surface area contributed by atoms with Gasteiger partial charge in [0.25, 0.3) is 10.0 Å². The molecule has 3 aromatic rings. The molecular weight excluding hydrogens is 614 g/mol. The van der Waals surface area contributed by atoms with E-state index >= 15 is 0 Å². The van der Waals surface area contributed by atoms with Crippen molar-refractivity contribution in [3.05, 3.63) is 93.4 Å². The van der Waals surface area contributed by atoms with Crippen LogP contribution in [0.5, 0.6) is 0 Å². The van der Waals surface area contributed by atoms with Crippen LogP contribution < -0.4 is 9.62 Å². The molecule has 3 aromatic carbocycles. The molecule has 212 valence electrons. The normalized spacial score (nSPS) is 14.5. The van der Waals surface area contributed by atoms with Crippen LogP contribution in [0.4, 0.5) is 5.69 Å². The molecule has 1 atom stereocenters. The summed E-state index contributed by atoms with van der Waals surface area (Å²) >= 11 is 9.64. The first-order valence-electron chi connectivity index (χ1n) is 13.2. The van der Waals surface area contributed by atoms with Crippen molar-refractivity contribution in [3.8, 4) is 0 Å². The van der Waals surface area contributed by atoms with Crippen molar-refractivity contribution in [2.45, 2.75) is 63.1 Å². The molecule has 0 aromatic heterocycles. The molecule has 1 fully saturated rings. The molecule has 1 aliphatic carbocycles. The third-order valence-electron chi connectivity index (χ3n) is 7.15. The summed E-state index contributed by atoms with van der Waals surface area (Å²) in [5.41, 5.74) is 1.75. The van der Waals surface area contributed by atoms with Crippen LogP contribution >= 0.6 is 27.5 Å². The Balaban J connectivity index is 1.70. The van der Waals surface area contributed by atoms with Crippen molar-refractivity contribution in [3.63, 3.8) is 0 Å². The number of amides is 2. The van der Waals surface area contributed by atoms with Crippen LogP contribution in [0.3, 0.4) is 0 Å². The number of benzene rings is 3. The minimum absolute atomic E-state index is 0.0581. The minimum Gasteiger partial charge on any atom is -0.352 e. The molecule has 0 unspecified atom stereocenters. The van der Waals surface area contributed by atoms with Crippen LogP contribution in [0.15, 0.2) is 82.2 Å². The fourth-order valence-corrected chi connectivity index (χ4v) is 7.11. The molecule has 1 N–H and O–H groups in total. The van der Waals surface area contributed by atoms with Crippen molar-refractivity contribution in [2.24, 2.45) is 0 Å². The van der Waals surface area contributed by atoms with E-state index in [-0.39, 0.29) is 23.4 Å². The third-order valence-corrected chi connectivity index (χ3v) is 9.65. The first kappa shape index (κ1) is 30.1. The van der Waals surface area contributed by atoms with E-state index in [1.165, 1.54) is 17.0 Å². The lowest BCUT2D eigenvalue weighted by molar-refractivity contribution is -0.139. The Hall–Kier alpha value is -2.88. The SMILES string of the molecule is Cc1cc(Cl)ccc1N(CC(=O)N(Cc1cccc(Br)c1)[C@@H](C)C(=O)NC1CCCC1)S(=O)(=O)c1ccccc1. The molecule has 0 aliphatic heterocycles. The van der Waals surface area contributed by atoms with Gasteiger partial charge in [-0.1, -0.05) is 70.7 Å². The third kappa shape index (κ3) is 7.25. The summed E-state index contributed by atoms with van der Waals surface area (Å²) in [6.45, 7) is 3.07. The number of carbonyl (C=O) groups is 2. The second kappa shape index (κ2) is 13.2. The van der Waals surface area contributed by atoms with Gasteiger partial charge in [0, 0.05) is 22.1 Å².